The van der Waals surface area contributed by atoms with Gasteiger partial charge in [-0.25, -0.2) is 0 Å². The van der Waals surface area contributed by atoms with Gasteiger partial charge in [-0.2, -0.15) is 0 Å². The molecule has 0 aliphatic heterocycles. The zero-order valence-electron chi connectivity index (χ0n) is 10.8. The van der Waals surface area contributed by atoms with E-state index in [1.165, 1.54) is 0 Å². The first kappa shape index (κ1) is 14.1. The fraction of sp³-hybridized carbons (Fsp3) is 0.250. The molecule has 0 aliphatic rings. The van der Waals surface area contributed by atoms with Crippen LogP contribution in [0.4, 0.5) is 0 Å². The van der Waals surface area contributed by atoms with Crippen LogP contribution in [-0.4, -0.2) is 5.11 Å². The summed E-state index contributed by atoms with van der Waals surface area (Å²) in [4.78, 5) is 0. The van der Waals surface area contributed by atoms with Crippen LogP contribution >= 0.6 is 15.9 Å². The second-order valence-corrected chi connectivity index (χ2v) is 5.32. The van der Waals surface area contributed by atoms with Gasteiger partial charge in [0.15, 0.2) is 0 Å². The highest BCUT2D eigenvalue weighted by Gasteiger charge is 2.04. The predicted octanol–water partition coefficient (Wildman–Crippen LogP) is 4.47. The average molecular weight is 321 g/mol. The van der Waals surface area contributed by atoms with Crippen LogP contribution in [0.2, 0.25) is 0 Å². The number of aliphatic hydroxyl groups is 1. The molecular formula is C16H17BrO2. The lowest BCUT2D eigenvalue weighted by molar-refractivity contribution is 0.173. The summed E-state index contributed by atoms with van der Waals surface area (Å²) in [5, 5.41) is 9.71. The van der Waals surface area contributed by atoms with Crippen LogP contribution in [0.15, 0.2) is 53.0 Å². The minimum Gasteiger partial charge on any atom is -0.489 e. The van der Waals surface area contributed by atoms with E-state index in [-0.39, 0.29) is 6.10 Å². The van der Waals surface area contributed by atoms with Gasteiger partial charge in [-0.15, -0.1) is 0 Å². The van der Waals surface area contributed by atoms with Crippen LogP contribution < -0.4 is 4.74 Å². The van der Waals surface area contributed by atoms with E-state index in [0.29, 0.717) is 6.61 Å². The normalized spacial score (nSPS) is 12.2. The molecule has 2 aromatic rings. The van der Waals surface area contributed by atoms with E-state index in [1.54, 1.807) is 0 Å². The Morgan fingerprint density at radius 2 is 1.68 bits per heavy atom. The maximum atomic E-state index is 9.71. The Balaban J connectivity index is 1.94. The fourth-order valence-electron chi connectivity index (χ4n) is 1.77. The van der Waals surface area contributed by atoms with Crippen LogP contribution in [0.3, 0.4) is 0 Å². The maximum Gasteiger partial charge on any atom is 0.119 e. The quantitative estimate of drug-likeness (QED) is 0.880. The predicted molar refractivity (Wildman–Crippen MR) is 80.2 cm³/mol. The van der Waals surface area contributed by atoms with Crippen molar-refractivity contribution in [3.63, 3.8) is 0 Å². The molecule has 0 saturated carbocycles. The fourth-order valence-corrected chi connectivity index (χ4v) is 2.03. The molecule has 2 aromatic carbocycles. The molecular weight excluding hydrogens is 304 g/mol. The van der Waals surface area contributed by atoms with E-state index in [1.807, 2.05) is 55.5 Å². The minimum absolute atomic E-state index is 0.388. The molecule has 0 radical (unpaired) electrons. The molecule has 3 heteroatoms. The Morgan fingerprint density at radius 1 is 1.05 bits per heavy atom. The number of aliphatic hydroxyl groups excluding tert-OH is 1. The molecule has 0 fully saturated rings. The third-order valence-electron chi connectivity index (χ3n) is 2.97. The highest BCUT2D eigenvalue weighted by atomic mass is 79.9. The molecule has 0 aliphatic carbocycles. The lowest BCUT2D eigenvalue weighted by atomic mass is 10.1. The number of rotatable bonds is 5. The third-order valence-corrected chi connectivity index (χ3v) is 3.50. The van der Waals surface area contributed by atoms with Crippen molar-refractivity contribution in [1.82, 2.24) is 0 Å². The largest absolute Gasteiger partial charge is 0.489 e. The highest BCUT2D eigenvalue weighted by Crippen LogP contribution is 2.20. The van der Waals surface area contributed by atoms with Crippen molar-refractivity contribution in [3.05, 3.63) is 64.1 Å². The van der Waals surface area contributed by atoms with Gasteiger partial charge in [-0.05, 0) is 41.8 Å². The number of hydrogen-bond donors (Lipinski definition) is 1. The summed E-state index contributed by atoms with van der Waals surface area (Å²) in [6.45, 7) is 2.51. The minimum atomic E-state index is -0.388. The second kappa shape index (κ2) is 6.73. The molecule has 0 amide bonds. The van der Waals surface area contributed by atoms with Crippen molar-refractivity contribution >= 4 is 15.9 Å². The van der Waals surface area contributed by atoms with Gasteiger partial charge in [0.1, 0.15) is 12.4 Å². The molecule has 0 bridgehead atoms. The first-order chi connectivity index (χ1) is 9.19. The van der Waals surface area contributed by atoms with Crippen LogP contribution in [0.25, 0.3) is 0 Å². The van der Waals surface area contributed by atoms with Crippen LogP contribution in [0, 0.1) is 0 Å². The van der Waals surface area contributed by atoms with Crippen LogP contribution in [-0.2, 0) is 6.61 Å². The maximum absolute atomic E-state index is 9.71. The standard InChI is InChI=1S/C16H17BrO2/c1-2-16(18)13-5-9-15(10-6-13)19-11-12-3-7-14(17)8-4-12/h3-10,16,18H,2,11H2,1H3. The summed E-state index contributed by atoms with van der Waals surface area (Å²) in [5.74, 6) is 0.815. The van der Waals surface area contributed by atoms with Gasteiger partial charge in [0.05, 0.1) is 6.10 Å². The van der Waals surface area contributed by atoms with Gasteiger partial charge < -0.3 is 9.84 Å². The van der Waals surface area contributed by atoms with E-state index >= 15 is 0 Å². The molecule has 1 N–H and O–H groups in total. The van der Waals surface area contributed by atoms with E-state index < -0.39 is 0 Å². The monoisotopic (exact) mass is 320 g/mol. The van der Waals surface area contributed by atoms with Gasteiger partial charge >= 0.3 is 0 Å². The zero-order chi connectivity index (χ0) is 13.7. The highest BCUT2D eigenvalue weighted by molar-refractivity contribution is 9.10. The Morgan fingerprint density at radius 3 is 2.26 bits per heavy atom. The number of halogens is 1. The van der Waals surface area contributed by atoms with Gasteiger partial charge in [0.2, 0.25) is 0 Å². The lowest BCUT2D eigenvalue weighted by Crippen LogP contribution is -1.97. The van der Waals surface area contributed by atoms with Gasteiger partial charge in [0, 0.05) is 4.47 Å². The molecule has 100 valence electrons. The van der Waals surface area contributed by atoms with Gasteiger partial charge in [-0.1, -0.05) is 47.1 Å². The van der Waals surface area contributed by atoms with E-state index in [9.17, 15) is 5.11 Å². The van der Waals surface area contributed by atoms with Crippen molar-refractivity contribution in [2.24, 2.45) is 0 Å². The Kier molecular flexibility index (Phi) is 5.00. The van der Waals surface area contributed by atoms with Crippen molar-refractivity contribution in [3.8, 4) is 5.75 Å². The molecule has 0 spiro atoms. The Bertz CT molecular complexity index is 505. The van der Waals surface area contributed by atoms with Crippen LogP contribution in [0.1, 0.15) is 30.6 Å². The molecule has 19 heavy (non-hydrogen) atoms. The molecule has 2 nitrogen and oxygen atoms in total. The summed E-state index contributed by atoms with van der Waals surface area (Å²) in [5.41, 5.74) is 2.05. The molecule has 0 heterocycles. The Hall–Kier alpha value is -1.32. The zero-order valence-corrected chi connectivity index (χ0v) is 12.4. The average Bonchev–Trinajstić information content (AvgIpc) is 2.46. The summed E-state index contributed by atoms with van der Waals surface area (Å²) in [6, 6.07) is 15.7. The molecule has 0 aromatic heterocycles. The van der Waals surface area contributed by atoms with Crippen molar-refractivity contribution in [1.29, 1.82) is 0 Å². The number of benzene rings is 2. The summed E-state index contributed by atoms with van der Waals surface area (Å²) >= 11 is 3.41. The smallest absolute Gasteiger partial charge is 0.119 e. The van der Waals surface area contributed by atoms with Crippen molar-refractivity contribution in [2.75, 3.05) is 0 Å². The number of hydrogen-bond acceptors (Lipinski definition) is 2. The SMILES string of the molecule is CCC(O)c1ccc(OCc2ccc(Br)cc2)cc1. The van der Waals surface area contributed by atoms with E-state index in [4.69, 9.17) is 4.74 Å². The third kappa shape index (κ3) is 4.08. The first-order valence-electron chi connectivity index (χ1n) is 6.34. The summed E-state index contributed by atoms with van der Waals surface area (Å²) in [7, 11) is 0. The Labute approximate surface area is 122 Å². The lowest BCUT2D eigenvalue weighted by Gasteiger charge is -2.10. The van der Waals surface area contributed by atoms with Crippen molar-refractivity contribution in [2.45, 2.75) is 26.1 Å². The van der Waals surface area contributed by atoms with Crippen LogP contribution in [0.5, 0.6) is 5.75 Å². The molecule has 1 unspecified atom stereocenters. The first-order valence-corrected chi connectivity index (χ1v) is 7.13. The second-order valence-electron chi connectivity index (χ2n) is 4.41. The summed E-state index contributed by atoms with van der Waals surface area (Å²) < 4.78 is 6.77. The topological polar surface area (TPSA) is 29.5 Å². The van der Waals surface area contributed by atoms with Gasteiger partial charge in [0.25, 0.3) is 0 Å². The molecule has 2 rings (SSSR count). The van der Waals surface area contributed by atoms with Crippen molar-refractivity contribution < 1.29 is 9.84 Å². The van der Waals surface area contributed by atoms with E-state index in [0.717, 1.165) is 27.8 Å². The molecule has 1 atom stereocenters. The molecule has 0 saturated heterocycles. The summed E-state index contributed by atoms with van der Waals surface area (Å²) in [6.07, 6.45) is 0.333. The van der Waals surface area contributed by atoms with E-state index in [2.05, 4.69) is 15.9 Å². The number of ether oxygens (including phenoxy) is 1. The van der Waals surface area contributed by atoms with Gasteiger partial charge in [-0.3, -0.25) is 0 Å².